The number of benzene rings is 1. The van der Waals surface area contributed by atoms with Crippen LogP contribution in [0, 0.1) is 5.82 Å². The van der Waals surface area contributed by atoms with Crippen molar-refractivity contribution >= 4 is 5.91 Å². The highest BCUT2D eigenvalue weighted by Crippen LogP contribution is 2.06. The largest absolute Gasteiger partial charge is 0.352 e. The van der Waals surface area contributed by atoms with Crippen LogP contribution in [0.15, 0.2) is 24.3 Å². The number of hydrogen-bond acceptors (Lipinski definition) is 2. The molecule has 1 aliphatic rings. The zero-order valence-electron chi connectivity index (χ0n) is 9.00. The van der Waals surface area contributed by atoms with Crippen molar-refractivity contribution in [2.24, 2.45) is 0 Å². The van der Waals surface area contributed by atoms with Crippen LogP contribution in [-0.2, 0) is 0 Å². The highest BCUT2D eigenvalue weighted by atomic mass is 19.1. The van der Waals surface area contributed by atoms with Gasteiger partial charge in [0.05, 0.1) is 0 Å². The second-order valence-electron chi connectivity index (χ2n) is 3.99. The van der Waals surface area contributed by atoms with Gasteiger partial charge in [-0.15, -0.1) is 0 Å². The highest BCUT2D eigenvalue weighted by Gasteiger charge is 2.15. The standard InChI is InChI=1S/C12H15FN2O/c13-10-3-1-9(2-4-10)12(16)15-8-6-11-5-7-14-11/h1-4,11,14H,5-8H2,(H,15,16). The van der Waals surface area contributed by atoms with E-state index in [4.69, 9.17) is 0 Å². The zero-order valence-corrected chi connectivity index (χ0v) is 9.00. The lowest BCUT2D eigenvalue weighted by Crippen LogP contribution is -2.44. The van der Waals surface area contributed by atoms with Gasteiger partial charge in [-0.2, -0.15) is 0 Å². The monoisotopic (exact) mass is 222 g/mol. The molecule has 0 saturated carbocycles. The Hall–Kier alpha value is -1.42. The second kappa shape index (κ2) is 5.07. The van der Waals surface area contributed by atoms with Gasteiger partial charge in [0.15, 0.2) is 0 Å². The molecule has 16 heavy (non-hydrogen) atoms. The summed E-state index contributed by atoms with van der Waals surface area (Å²) in [6.07, 6.45) is 2.14. The Morgan fingerprint density at radius 3 is 2.69 bits per heavy atom. The molecular formula is C12H15FN2O. The van der Waals surface area contributed by atoms with Crippen molar-refractivity contribution in [3.63, 3.8) is 0 Å². The minimum atomic E-state index is -0.324. The molecule has 3 nitrogen and oxygen atoms in total. The van der Waals surface area contributed by atoms with Crippen molar-refractivity contribution in [2.75, 3.05) is 13.1 Å². The Bertz CT molecular complexity index is 360. The molecule has 0 aliphatic carbocycles. The first kappa shape index (κ1) is 11.1. The van der Waals surface area contributed by atoms with Crippen molar-refractivity contribution in [3.8, 4) is 0 Å². The van der Waals surface area contributed by atoms with Crippen LogP contribution in [0.3, 0.4) is 0 Å². The van der Waals surface area contributed by atoms with E-state index in [1.54, 1.807) is 0 Å². The fourth-order valence-electron chi connectivity index (χ4n) is 1.66. The molecule has 0 spiro atoms. The molecular weight excluding hydrogens is 207 g/mol. The summed E-state index contributed by atoms with van der Waals surface area (Å²) in [5.74, 6) is -0.463. The Morgan fingerprint density at radius 2 is 2.12 bits per heavy atom. The molecule has 1 saturated heterocycles. The Kier molecular flexibility index (Phi) is 3.51. The molecule has 2 rings (SSSR count). The minimum absolute atomic E-state index is 0.140. The van der Waals surface area contributed by atoms with Crippen LogP contribution in [-0.4, -0.2) is 25.0 Å². The van der Waals surface area contributed by atoms with Gasteiger partial charge in [0, 0.05) is 18.2 Å². The van der Waals surface area contributed by atoms with Crippen LogP contribution in [0.5, 0.6) is 0 Å². The third kappa shape index (κ3) is 2.79. The molecule has 1 aliphatic heterocycles. The van der Waals surface area contributed by atoms with E-state index >= 15 is 0 Å². The molecule has 0 aromatic heterocycles. The average Bonchev–Trinajstić information content (AvgIpc) is 2.22. The van der Waals surface area contributed by atoms with Gasteiger partial charge in [-0.05, 0) is 43.7 Å². The molecule has 1 heterocycles. The van der Waals surface area contributed by atoms with Crippen LogP contribution in [0.1, 0.15) is 23.2 Å². The van der Waals surface area contributed by atoms with E-state index in [0.29, 0.717) is 18.2 Å². The van der Waals surface area contributed by atoms with Gasteiger partial charge in [-0.25, -0.2) is 4.39 Å². The second-order valence-corrected chi connectivity index (χ2v) is 3.99. The van der Waals surface area contributed by atoms with Gasteiger partial charge in [0.1, 0.15) is 5.82 Å². The van der Waals surface area contributed by atoms with Crippen LogP contribution in [0.2, 0.25) is 0 Å². The summed E-state index contributed by atoms with van der Waals surface area (Å²) in [5, 5.41) is 6.08. The number of halogens is 1. The Balaban J connectivity index is 1.76. The van der Waals surface area contributed by atoms with E-state index in [1.165, 1.54) is 30.7 Å². The fraction of sp³-hybridized carbons (Fsp3) is 0.417. The molecule has 1 aromatic rings. The predicted molar refractivity (Wildman–Crippen MR) is 59.8 cm³/mol. The first-order valence-electron chi connectivity index (χ1n) is 5.53. The van der Waals surface area contributed by atoms with Crippen LogP contribution < -0.4 is 10.6 Å². The summed E-state index contributed by atoms with van der Waals surface area (Å²) in [7, 11) is 0. The number of rotatable bonds is 4. The molecule has 2 N–H and O–H groups in total. The third-order valence-electron chi connectivity index (χ3n) is 2.81. The van der Waals surface area contributed by atoms with E-state index in [1.807, 2.05) is 0 Å². The maximum atomic E-state index is 12.6. The molecule has 4 heteroatoms. The van der Waals surface area contributed by atoms with Crippen molar-refractivity contribution in [1.82, 2.24) is 10.6 Å². The quantitative estimate of drug-likeness (QED) is 0.806. The number of nitrogens with one attached hydrogen (secondary N) is 2. The molecule has 1 atom stereocenters. The van der Waals surface area contributed by atoms with Gasteiger partial charge in [0.2, 0.25) is 0 Å². The third-order valence-corrected chi connectivity index (χ3v) is 2.81. The molecule has 1 aromatic carbocycles. The van der Waals surface area contributed by atoms with Crippen molar-refractivity contribution < 1.29 is 9.18 Å². The summed E-state index contributed by atoms with van der Waals surface area (Å²) in [6, 6.07) is 6.12. The predicted octanol–water partition coefficient (Wildman–Crippen LogP) is 1.31. The molecule has 0 bridgehead atoms. The Morgan fingerprint density at radius 1 is 1.44 bits per heavy atom. The van der Waals surface area contributed by atoms with Gasteiger partial charge < -0.3 is 10.6 Å². The maximum Gasteiger partial charge on any atom is 0.251 e. The van der Waals surface area contributed by atoms with E-state index in [0.717, 1.165) is 13.0 Å². The summed E-state index contributed by atoms with van der Waals surface area (Å²) < 4.78 is 12.6. The summed E-state index contributed by atoms with van der Waals surface area (Å²) >= 11 is 0. The fourth-order valence-corrected chi connectivity index (χ4v) is 1.66. The number of amides is 1. The first-order chi connectivity index (χ1) is 7.75. The van der Waals surface area contributed by atoms with Crippen LogP contribution in [0.25, 0.3) is 0 Å². The summed E-state index contributed by atoms with van der Waals surface area (Å²) in [4.78, 5) is 11.6. The first-order valence-corrected chi connectivity index (χ1v) is 5.53. The lowest BCUT2D eigenvalue weighted by Gasteiger charge is -2.27. The van der Waals surface area contributed by atoms with Crippen molar-refractivity contribution in [2.45, 2.75) is 18.9 Å². The van der Waals surface area contributed by atoms with Crippen molar-refractivity contribution in [3.05, 3.63) is 35.6 Å². The van der Waals surface area contributed by atoms with Gasteiger partial charge >= 0.3 is 0 Å². The molecule has 1 amide bonds. The van der Waals surface area contributed by atoms with E-state index < -0.39 is 0 Å². The van der Waals surface area contributed by atoms with Crippen molar-refractivity contribution in [1.29, 1.82) is 0 Å². The van der Waals surface area contributed by atoms with Crippen LogP contribution >= 0.6 is 0 Å². The highest BCUT2D eigenvalue weighted by molar-refractivity contribution is 5.94. The lowest BCUT2D eigenvalue weighted by atomic mass is 10.0. The van der Waals surface area contributed by atoms with E-state index in [9.17, 15) is 9.18 Å². The molecule has 86 valence electrons. The summed E-state index contributed by atoms with van der Waals surface area (Å²) in [6.45, 7) is 1.74. The number of hydrogen-bond donors (Lipinski definition) is 2. The summed E-state index contributed by atoms with van der Waals surface area (Å²) in [5.41, 5.74) is 0.503. The smallest absolute Gasteiger partial charge is 0.251 e. The lowest BCUT2D eigenvalue weighted by molar-refractivity contribution is 0.0951. The number of carbonyl (C=O) groups is 1. The van der Waals surface area contributed by atoms with Crippen LogP contribution in [0.4, 0.5) is 4.39 Å². The normalized spacial score (nSPS) is 18.9. The number of carbonyl (C=O) groups excluding carboxylic acids is 1. The van der Waals surface area contributed by atoms with Gasteiger partial charge in [0.25, 0.3) is 5.91 Å². The maximum absolute atomic E-state index is 12.6. The Labute approximate surface area is 94.0 Å². The topological polar surface area (TPSA) is 41.1 Å². The SMILES string of the molecule is O=C(NCCC1CCN1)c1ccc(F)cc1. The van der Waals surface area contributed by atoms with Gasteiger partial charge in [-0.1, -0.05) is 0 Å². The molecule has 1 fully saturated rings. The zero-order chi connectivity index (χ0) is 11.4. The van der Waals surface area contributed by atoms with E-state index in [2.05, 4.69) is 10.6 Å². The molecule has 0 radical (unpaired) electrons. The van der Waals surface area contributed by atoms with Gasteiger partial charge in [-0.3, -0.25) is 4.79 Å². The average molecular weight is 222 g/mol. The molecule has 1 unspecified atom stereocenters. The van der Waals surface area contributed by atoms with E-state index in [-0.39, 0.29) is 11.7 Å². The minimum Gasteiger partial charge on any atom is -0.352 e.